The van der Waals surface area contributed by atoms with E-state index in [2.05, 4.69) is 31.2 Å². The van der Waals surface area contributed by atoms with E-state index in [1.54, 1.807) is 0 Å². The molecule has 2 aromatic rings. The molecule has 3 fully saturated rings. The second-order valence-electron chi connectivity index (χ2n) is 7.42. The molecule has 3 aliphatic rings. The van der Waals surface area contributed by atoms with Crippen LogP contribution in [0.5, 0.6) is 0 Å². The van der Waals surface area contributed by atoms with Crippen molar-refractivity contribution in [2.45, 2.75) is 22.4 Å². The highest BCUT2D eigenvalue weighted by Gasteiger charge is 2.62. The molecule has 0 radical (unpaired) electrons. The number of hydrogen-bond donors (Lipinski definition) is 1. The third-order valence-corrected chi connectivity index (χ3v) is 11.7. The van der Waals surface area contributed by atoms with Crippen molar-refractivity contribution in [3.63, 3.8) is 0 Å². The average Bonchev–Trinajstić information content (AvgIpc) is 2.76. The van der Waals surface area contributed by atoms with E-state index in [1.165, 1.54) is 0 Å². The highest BCUT2D eigenvalue weighted by Crippen LogP contribution is 2.69. The summed E-state index contributed by atoms with van der Waals surface area (Å²) in [6.45, 7) is 3.83. The molecule has 2 bridgehead atoms. The summed E-state index contributed by atoms with van der Waals surface area (Å²) in [4.78, 5) is 0. The summed E-state index contributed by atoms with van der Waals surface area (Å²) in [7, 11) is 0. The molecule has 5 rings (SSSR count). The summed E-state index contributed by atoms with van der Waals surface area (Å²) in [6.07, 6.45) is 1.06. The second-order valence-corrected chi connectivity index (χ2v) is 11.8. The van der Waals surface area contributed by atoms with Crippen LogP contribution in [0.3, 0.4) is 0 Å². The smallest absolute Gasteiger partial charge is 0.148 e. The highest BCUT2D eigenvalue weighted by molar-refractivity contribution is 8.35. The monoisotopic (exact) mass is 418 g/mol. The Labute approximate surface area is 174 Å². The zero-order chi connectivity index (χ0) is 18.8. The summed E-state index contributed by atoms with van der Waals surface area (Å²) in [5, 5.41) is 12.3. The quantitative estimate of drug-likeness (QED) is 0.623. The molecule has 0 spiro atoms. The number of fused-ring (bicyclic) bond motifs is 3. The molecule has 5 heteroatoms. The fraction of sp³-hybridized carbons (Fsp3) is 0.455. The van der Waals surface area contributed by atoms with Crippen molar-refractivity contribution in [1.82, 2.24) is 0 Å². The maximum Gasteiger partial charge on any atom is 0.148 e. The number of aliphatic hydroxyl groups is 1. The predicted molar refractivity (Wildman–Crippen MR) is 120 cm³/mol. The SMILES string of the molecule is CCCOCC12CSC(C(O)(c3ccccc3)c3ccccc3)(SC1)SC2. The third kappa shape index (κ3) is 3.46. The van der Waals surface area contributed by atoms with Crippen LogP contribution in [0, 0.1) is 5.41 Å². The Hall–Kier alpha value is -0.590. The van der Waals surface area contributed by atoms with Crippen LogP contribution in [-0.2, 0) is 10.3 Å². The minimum absolute atomic E-state index is 0.227. The van der Waals surface area contributed by atoms with Gasteiger partial charge in [-0.05, 0) is 17.5 Å². The Morgan fingerprint density at radius 1 is 0.889 bits per heavy atom. The summed E-state index contributed by atoms with van der Waals surface area (Å²) >= 11 is 5.73. The van der Waals surface area contributed by atoms with E-state index in [9.17, 15) is 5.11 Å². The number of rotatable bonds is 7. The number of hydrogen-bond acceptors (Lipinski definition) is 5. The summed E-state index contributed by atoms with van der Waals surface area (Å²) in [5.74, 6) is 3.12. The lowest BCUT2D eigenvalue weighted by Crippen LogP contribution is -2.56. The molecule has 27 heavy (non-hydrogen) atoms. The van der Waals surface area contributed by atoms with Crippen LogP contribution in [0.25, 0.3) is 0 Å². The zero-order valence-corrected chi connectivity index (χ0v) is 18.0. The lowest BCUT2D eigenvalue weighted by molar-refractivity contribution is 0.0691. The van der Waals surface area contributed by atoms with Crippen LogP contribution >= 0.6 is 35.3 Å². The van der Waals surface area contributed by atoms with Gasteiger partial charge in [0.05, 0.1) is 6.61 Å². The third-order valence-electron chi connectivity index (χ3n) is 5.29. The molecule has 3 aliphatic heterocycles. The van der Waals surface area contributed by atoms with Crippen molar-refractivity contribution >= 4 is 35.3 Å². The van der Waals surface area contributed by atoms with E-state index >= 15 is 0 Å². The molecular weight excluding hydrogens is 392 g/mol. The maximum absolute atomic E-state index is 12.3. The van der Waals surface area contributed by atoms with Gasteiger partial charge in [0, 0.05) is 29.3 Å². The molecule has 1 N–H and O–H groups in total. The van der Waals surface area contributed by atoms with Crippen molar-refractivity contribution < 1.29 is 9.84 Å². The van der Waals surface area contributed by atoms with Crippen LogP contribution in [0.1, 0.15) is 24.5 Å². The molecule has 3 heterocycles. The normalized spacial score (nSPS) is 27.6. The number of benzene rings is 2. The van der Waals surface area contributed by atoms with Gasteiger partial charge in [-0.1, -0.05) is 67.6 Å². The van der Waals surface area contributed by atoms with Crippen molar-refractivity contribution in [2.24, 2.45) is 5.41 Å². The van der Waals surface area contributed by atoms with Gasteiger partial charge < -0.3 is 9.84 Å². The van der Waals surface area contributed by atoms with E-state index in [0.29, 0.717) is 0 Å². The molecule has 0 saturated carbocycles. The van der Waals surface area contributed by atoms with E-state index in [0.717, 1.165) is 48.0 Å². The molecule has 3 saturated heterocycles. The number of thioether (sulfide) groups is 3. The first kappa shape index (κ1) is 19.7. The number of ether oxygens (including phenoxy) is 1. The average molecular weight is 419 g/mol. The first-order valence-electron chi connectivity index (χ1n) is 9.47. The molecule has 2 aromatic carbocycles. The minimum Gasteiger partial charge on any atom is -0.381 e. The second kappa shape index (κ2) is 8.03. The van der Waals surface area contributed by atoms with Crippen LogP contribution in [-0.4, -0.2) is 39.0 Å². The minimum atomic E-state index is -1.04. The molecule has 0 aliphatic carbocycles. The van der Waals surface area contributed by atoms with Gasteiger partial charge in [-0.3, -0.25) is 0 Å². The summed E-state index contributed by atoms with van der Waals surface area (Å²) in [6, 6.07) is 20.4. The first-order valence-corrected chi connectivity index (χ1v) is 12.4. The Bertz CT molecular complexity index is 687. The Kier molecular flexibility index (Phi) is 5.87. The van der Waals surface area contributed by atoms with Crippen LogP contribution in [0.15, 0.2) is 60.7 Å². The van der Waals surface area contributed by atoms with Crippen LogP contribution in [0.4, 0.5) is 0 Å². The zero-order valence-electron chi connectivity index (χ0n) is 15.6. The molecule has 0 atom stereocenters. The van der Waals surface area contributed by atoms with Gasteiger partial charge in [-0.2, -0.15) is 0 Å². The van der Waals surface area contributed by atoms with Crippen molar-refractivity contribution in [3.8, 4) is 0 Å². The largest absolute Gasteiger partial charge is 0.381 e. The Balaban J connectivity index is 1.67. The van der Waals surface area contributed by atoms with Crippen LogP contribution < -0.4 is 0 Å². The summed E-state index contributed by atoms with van der Waals surface area (Å²) in [5.41, 5.74) is 1.14. The Morgan fingerprint density at radius 3 is 1.81 bits per heavy atom. The van der Waals surface area contributed by atoms with Crippen molar-refractivity contribution in [1.29, 1.82) is 0 Å². The van der Waals surface area contributed by atoms with Crippen molar-refractivity contribution in [2.75, 3.05) is 30.5 Å². The fourth-order valence-corrected chi connectivity index (χ4v) is 9.88. The van der Waals surface area contributed by atoms with Gasteiger partial charge in [0.25, 0.3) is 0 Å². The lowest BCUT2D eigenvalue weighted by Gasteiger charge is -2.57. The van der Waals surface area contributed by atoms with Gasteiger partial charge in [-0.15, -0.1) is 35.3 Å². The Morgan fingerprint density at radius 2 is 1.37 bits per heavy atom. The maximum atomic E-state index is 12.3. The molecule has 0 aromatic heterocycles. The molecular formula is C22H26O2S3. The molecule has 0 unspecified atom stereocenters. The highest BCUT2D eigenvalue weighted by atomic mass is 32.3. The topological polar surface area (TPSA) is 29.5 Å². The summed E-state index contributed by atoms with van der Waals surface area (Å²) < 4.78 is 5.60. The van der Waals surface area contributed by atoms with E-state index in [1.807, 2.05) is 71.7 Å². The molecule has 0 amide bonds. The van der Waals surface area contributed by atoms with Crippen molar-refractivity contribution in [3.05, 3.63) is 71.8 Å². The van der Waals surface area contributed by atoms with Gasteiger partial charge in [-0.25, -0.2) is 0 Å². The van der Waals surface area contributed by atoms with Gasteiger partial charge in [0.15, 0.2) is 0 Å². The van der Waals surface area contributed by atoms with Gasteiger partial charge >= 0.3 is 0 Å². The van der Waals surface area contributed by atoms with Gasteiger partial charge in [0.2, 0.25) is 0 Å². The fourth-order valence-electron chi connectivity index (χ4n) is 3.74. The first-order chi connectivity index (χ1) is 13.1. The van der Waals surface area contributed by atoms with E-state index in [4.69, 9.17) is 4.74 Å². The van der Waals surface area contributed by atoms with E-state index < -0.39 is 5.60 Å². The lowest BCUT2D eigenvalue weighted by atomic mass is 9.87. The van der Waals surface area contributed by atoms with E-state index in [-0.39, 0.29) is 8.83 Å². The van der Waals surface area contributed by atoms with Crippen LogP contribution in [0.2, 0.25) is 0 Å². The predicted octanol–water partition coefficient (Wildman–Crippen LogP) is 5.22. The molecule has 2 nitrogen and oxygen atoms in total. The standard InChI is InChI=1S/C22H26O2S3/c1-2-13-24-14-20-15-25-22(26-16-20,27-17-20)21(23,18-9-5-3-6-10-18)19-11-7-4-8-12-19/h3-12,23H,2,13-17H2,1H3. The molecule has 144 valence electrons. The van der Waals surface area contributed by atoms with Gasteiger partial charge in [0.1, 0.15) is 9.01 Å².